The maximum atomic E-state index is 9.41. The predicted octanol–water partition coefficient (Wildman–Crippen LogP) is 0.322. The Morgan fingerprint density at radius 1 is 1.35 bits per heavy atom. The quantitative estimate of drug-likeness (QED) is 0.807. The molecule has 8 heteroatoms. The van der Waals surface area contributed by atoms with Crippen molar-refractivity contribution in [1.29, 1.82) is 0 Å². The lowest BCUT2D eigenvalue weighted by Crippen LogP contribution is -2.23. The van der Waals surface area contributed by atoms with Crippen molar-refractivity contribution in [3.8, 4) is 0 Å². The molecule has 1 heterocycles. The highest BCUT2D eigenvalue weighted by Gasteiger charge is 1.96. The third-order valence-corrected chi connectivity index (χ3v) is 1.59. The van der Waals surface area contributed by atoms with Gasteiger partial charge in [0.15, 0.2) is 0 Å². The van der Waals surface area contributed by atoms with Gasteiger partial charge in [0.1, 0.15) is 12.4 Å². The van der Waals surface area contributed by atoms with Crippen LogP contribution in [0.15, 0.2) is 18.7 Å². The van der Waals surface area contributed by atoms with Crippen LogP contribution in [0, 0.1) is 0 Å². The Kier molecular flexibility index (Phi) is 12.7. The second-order valence-corrected chi connectivity index (χ2v) is 5.16. The third-order valence-electron chi connectivity index (χ3n) is 1.59. The fourth-order valence-electron chi connectivity index (χ4n) is 0.975. The van der Waals surface area contributed by atoms with Crippen LogP contribution < -0.4 is 9.71 Å². The average Bonchev–Trinajstić information content (AvgIpc) is 2.45. The number of hydrogen-bond donors (Lipinski definition) is 1. The van der Waals surface area contributed by atoms with Crippen molar-refractivity contribution in [1.82, 2.24) is 4.57 Å². The van der Waals surface area contributed by atoms with Crippen LogP contribution in [0.25, 0.3) is 0 Å². The summed E-state index contributed by atoms with van der Waals surface area (Å²) in [7, 11) is -1.12. The number of hydrogen-bond acceptors (Lipinski definition) is 2. The number of rotatable bonds is 3. The monoisotopic (exact) mass is 274 g/mol. The molecule has 0 spiro atoms. The summed E-state index contributed by atoms with van der Waals surface area (Å²) < 4.78 is 23.1. The highest BCUT2D eigenvalue weighted by Crippen LogP contribution is 1.91. The molecule has 0 saturated carbocycles. The van der Waals surface area contributed by atoms with E-state index < -0.39 is 10.0 Å². The Balaban J connectivity index is -0.000000247. The molecule has 1 aromatic heterocycles. The molecule has 0 aliphatic carbocycles. The van der Waals surface area contributed by atoms with Crippen LogP contribution in [0.1, 0.15) is 19.8 Å². The van der Waals surface area contributed by atoms with Gasteiger partial charge in [0.2, 0.25) is 16.4 Å². The Labute approximate surface area is 101 Å². The van der Waals surface area contributed by atoms with Crippen molar-refractivity contribution >= 4 is 10.0 Å². The first-order chi connectivity index (χ1) is 6.83. The molecule has 0 atom stereocenters. The maximum Gasteiger partial charge on any atom is 0.243 e. The first kappa shape index (κ1) is 21.3. The second kappa shape index (κ2) is 10.2. The smallest absolute Gasteiger partial charge is 0.243 e. The molecule has 5 nitrogen and oxygen atoms in total. The van der Waals surface area contributed by atoms with Crippen LogP contribution >= 0.6 is 0 Å². The highest BCUT2D eigenvalue weighted by atomic mass is 32.2. The van der Waals surface area contributed by atoms with Gasteiger partial charge in [0.25, 0.3) is 0 Å². The Hall–Kier alpha value is -1.02. The summed E-state index contributed by atoms with van der Waals surface area (Å²) in [5.74, 6) is 0. The summed E-state index contributed by atoms with van der Waals surface area (Å²) >= 11 is 0. The lowest BCUT2D eigenvalue weighted by Gasteiger charge is -1.90. The zero-order valence-corrected chi connectivity index (χ0v) is 11.2. The van der Waals surface area contributed by atoms with Crippen LogP contribution in [-0.4, -0.2) is 19.2 Å². The number of nitrogens with zero attached hydrogens (tertiary/aromatic N) is 2. The van der Waals surface area contributed by atoms with E-state index in [0.717, 1.165) is 12.8 Å². The first-order valence-electron chi connectivity index (χ1n) is 4.81. The van der Waals surface area contributed by atoms with Crippen molar-refractivity contribution in [3.05, 3.63) is 18.7 Å². The fourth-order valence-corrected chi connectivity index (χ4v) is 0.975. The molecule has 0 saturated heterocycles. The Bertz CT molecular complexity index is 371. The van der Waals surface area contributed by atoms with Crippen LogP contribution in [0.2, 0.25) is 0 Å². The minimum atomic E-state index is -3.17. The molecule has 0 aliphatic rings. The van der Waals surface area contributed by atoms with Gasteiger partial charge in [0, 0.05) is 0 Å². The van der Waals surface area contributed by atoms with Gasteiger partial charge in [-0.15, -0.1) is 0 Å². The van der Waals surface area contributed by atoms with Gasteiger partial charge in [-0.2, -0.15) is 0 Å². The van der Waals surface area contributed by atoms with Crippen molar-refractivity contribution < 1.29 is 22.4 Å². The van der Waals surface area contributed by atoms with Crippen molar-refractivity contribution in [2.24, 2.45) is 12.2 Å². The summed E-state index contributed by atoms with van der Waals surface area (Å²) in [6.07, 6.45) is 9.75. The van der Waals surface area contributed by atoms with E-state index in [1.54, 1.807) is 0 Å². The van der Waals surface area contributed by atoms with E-state index in [1.807, 2.05) is 7.05 Å². The Morgan fingerprint density at radius 2 is 1.82 bits per heavy atom. The lowest BCUT2D eigenvalue weighted by molar-refractivity contribution is -0.671. The molecule has 0 radical (unpaired) electrons. The van der Waals surface area contributed by atoms with Crippen LogP contribution in [-0.2, 0) is 23.6 Å². The van der Waals surface area contributed by atoms with E-state index in [4.69, 9.17) is 0 Å². The molecule has 0 aliphatic heterocycles. The molecule has 104 valence electrons. The predicted molar refractivity (Wildman–Crippen MR) is 64.6 cm³/mol. The van der Waals surface area contributed by atoms with Crippen molar-refractivity contribution in [2.75, 3.05) is 6.26 Å². The number of aromatic nitrogens is 2. The van der Waals surface area contributed by atoms with Gasteiger partial charge in [-0.25, -0.2) is 22.7 Å². The zero-order chi connectivity index (χ0) is 11.9. The standard InChI is InChI=1S/C8H15N2.CH5NO2S.2FH/c1-3-4-5-10-7-6-9(2)8-10;1-5(2,3)4;;/h6-8H,3-5H2,1-2H3;1H3,(H2,2,3,4);2*1H/q+1;;;. The van der Waals surface area contributed by atoms with Gasteiger partial charge in [-0.05, 0) is 6.42 Å². The minimum absolute atomic E-state index is 0. The molecule has 17 heavy (non-hydrogen) atoms. The van der Waals surface area contributed by atoms with E-state index in [0.29, 0.717) is 0 Å². The third kappa shape index (κ3) is 17.6. The molecule has 0 unspecified atom stereocenters. The van der Waals surface area contributed by atoms with Gasteiger partial charge in [-0.1, -0.05) is 13.3 Å². The summed E-state index contributed by atoms with van der Waals surface area (Å²) in [5, 5.41) is 4.33. The molecule has 0 bridgehead atoms. The number of aryl methyl sites for hydroxylation is 2. The van der Waals surface area contributed by atoms with Gasteiger partial charge in [-0.3, -0.25) is 9.41 Å². The van der Waals surface area contributed by atoms with Crippen molar-refractivity contribution in [2.45, 2.75) is 26.3 Å². The van der Waals surface area contributed by atoms with Crippen LogP contribution in [0.4, 0.5) is 9.41 Å². The highest BCUT2D eigenvalue weighted by molar-refractivity contribution is 7.88. The number of unbranched alkanes of at least 4 members (excludes halogenated alkanes) is 1. The lowest BCUT2D eigenvalue weighted by atomic mass is 10.3. The molecule has 0 amide bonds. The van der Waals surface area contributed by atoms with Crippen LogP contribution in [0.3, 0.4) is 0 Å². The normalized spacial score (nSPS) is 9.41. The molecule has 0 fully saturated rings. The summed E-state index contributed by atoms with van der Waals surface area (Å²) in [6, 6.07) is 0. The summed E-state index contributed by atoms with van der Waals surface area (Å²) in [5.41, 5.74) is 0. The van der Waals surface area contributed by atoms with Gasteiger partial charge >= 0.3 is 0 Å². The number of sulfonamides is 1. The molecule has 2 N–H and O–H groups in total. The molecular weight excluding hydrogens is 252 g/mol. The van der Waals surface area contributed by atoms with E-state index in [2.05, 4.69) is 39.9 Å². The first-order valence-corrected chi connectivity index (χ1v) is 6.77. The van der Waals surface area contributed by atoms with Crippen molar-refractivity contribution in [3.63, 3.8) is 0 Å². The SMILES string of the molecule is CCCCn1cc[n+](C)c1.CS(N)(=O)=O.F.F. The van der Waals surface area contributed by atoms with Crippen LogP contribution in [0.5, 0.6) is 0 Å². The summed E-state index contributed by atoms with van der Waals surface area (Å²) in [6.45, 7) is 3.36. The minimum Gasteiger partial charge on any atom is -0.269 e. The van der Waals surface area contributed by atoms with E-state index >= 15 is 0 Å². The average molecular weight is 274 g/mol. The largest absolute Gasteiger partial charge is 0.269 e. The summed E-state index contributed by atoms with van der Waals surface area (Å²) in [4.78, 5) is 0. The number of nitrogens with two attached hydrogens (primary N) is 1. The Morgan fingerprint density at radius 3 is 2.12 bits per heavy atom. The number of imidazole rings is 1. The molecule has 1 rings (SSSR count). The molecule has 1 aromatic rings. The second-order valence-electron chi connectivity index (χ2n) is 3.50. The molecule has 0 aromatic carbocycles. The number of primary sulfonamides is 1. The van der Waals surface area contributed by atoms with Gasteiger partial charge < -0.3 is 0 Å². The van der Waals surface area contributed by atoms with E-state index in [9.17, 15) is 8.42 Å². The zero-order valence-electron chi connectivity index (χ0n) is 10.4. The van der Waals surface area contributed by atoms with E-state index in [1.165, 1.54) is 12.8 Å². The molecular formula is C9H22F2N3O2S+. The fraction of sp³-hybridized carbons (Fsp3) is 0.667. The van der Waals surface area contributed by atoms with Gasteiger partial charge in [0.05, 0.1) is 19.8 Å². The maximum absolute atomic E-state index is 9.41. The van der Waals surface area contributed by atoms with E-state index in [-0.39, 0.29) is 9.41 Å². The number of halogens is 2. The topological polar surface area (TPSA) is 69.0 Å².